The maximum absolute atomic E-state index is 10.4. The van der Waals surface area contributed by atoms with Crippen LogP contribution >= 0.6 is 0 Å². The molecule has 0 unspecified atom stereocenters. The summed E-state index contributed by atoms with van der Waals surface area (Å²) >= 11 is 0. The van der Waals surface area contributed by atoms with Gasteiger partial charge in [-0.25, -0.2) is 4.79 Å². The highest BCUT2D eigenvalue weighted by molar-refractivity contribution is 5.68. The molecule has 0 saturated carbocycles. The van der Waals surface area contributed by atoms with Crippen LogP contribution in [0.5, 0.6) is 5.75 Å². The van der Waals surface area contributed by atoms with Crippen molar-refractivity contribution in [2.75, 3.05) is 26.4 Å². The number of aliphatic carboxylic acids is 1. The van der Waals surface area contributed by atoms with Gasteiger partial charge in [-0.15, -0.1) is 0 Å². The Labute approximate surface area is 126 Å². The van der Waals surface area contributed by atoms with Crippen molar-refractivity contribution in [2.24, 2.45) is 0 Å². The van der Waals surface area contributed by atoms with Crippen LogP contribution in [0.2, 0.25) is 0 Å². The first-order valence-electron chi connectivity index (χ1n) is 7.44. The first-order chi connectivity index (χ1) is 10.2. The molecule has 0 atom stereocenters. The van der Waals surface area contributed by atoms with Gasteiger partial charge in [0.05, 0.1) is 0 Å². The fraction of sp³-hybridized carbons (Fsp3) is 0.562. The molecule has 0 amide bonds. The maximum Gasteiger partial charge on any atom is 0.341 e. The van der Waals surface area contributed by atoms with Gasteiger partial charge in [0.2, 0.25) is 0 Å². The van der Waals surface area contributed by atoms with Crippen LogP contribution < -0.4 is 10.1 Å². The Morgan fingerprint density at radius 1 is 1.19 bits per heavy atom. The molecule has 118 valence electrons. The largest absolute Gasteiger partial charge is 0.482 e. The minimum atomic E-state index is -0.970. The Balaban J connectivity index is 2.08. The van der Waals surface area contributed by atoms with E-state index in [1.807, 2.05) is 12.1 Å². The van der Waals surface area contributed by atoms with Crippen molar-refractivity contribution in [1.82, 2.24) is 5.32 Å². The van der Waals surface area contributed by atoms with Gasteiger partial charge in [0.25, 0.3) is 0 Å². The molecule has 5 nitrogen and oxygen atoms in total. The van der Waals surface area contributed by atoms with E-state index in [9.17, 15) is 4.79 Å². The highest BCUT2D eigenvalue weighted by Crippen LogP contribution is 2.11. The van der Waals surface area contributed by atoms with Crippen LogP contribution in [-0.2, 0) is 16.1 Å². The van der Waals surface area contributed by atoms with E-state index < -0.39 is 5.97 Å². The molecule has 0 fully saturated rings. The fourth-order valence-electron chi connectivity index (χ4n) is 1.73. The Morgan fingerprint density at radius 3 is 2.57 bits per heavy atom. The normalized spacial score (nSPS) is 10.5. The lowest BCUT2D eigenvalue weighted by Gasteiger charge is -2.07. The molecule has 1 rings (SSSR count). The van der Waals surface area contributed by atoms with Crippen molar-refractivity contribution >= 4 is 5.97 Å². The molecule has 1 aromatic rings. The summed E-state index contributed by atoms with van der Waals surface area (Å²) in [6.45, 7) is 5.21. The minimum absolute atomic E-state index is 0.310. The second-order valence-electron chi connectivity index (χ2n) is 4.82. The van der Waals surface area contributed by atoms with Crippen LogP contribution in [0.3, 0.4) is 0 Å². The lowest BCUT2D eigenvalue weighted by atomic mass is 10.2. The van der Waals surface area contributed by atoms with Gasteiger partial charge in [-0.05, 0) is 37.1 Å². The van der Waals surface area contributed by atoms with Gasteiger partial charge in [0, 0.05) is 19.8 Å². The van der Waals surface area contributed by atoms with E-state index in [-0.39, 0.29) is 6.61 Å². The van der Waals surface area contributed by atoms with Crippen LogP contribution in [0.1, 0.15) is 31.7 Å². The van der Waals surface area contributed by atoms with E-state index in [1.165, 1.54) is 6.42 Å². The zero-order valence-electron chi connectivity index (χ0n) is 12.6. The molecule has 0 spiro atoms. The van der Waals surface area contributed by atoms with Crippen LogP contribution in [0, 0.1) is 0 Å². The van der Waals surface area contributed by atoms with Crippen molar-refractivity contribution in [3.63, 3.8) is 0 Å². The molecule has 0 saturated heterocycles. The summed E-state index contributed by atoms with van der Waals surface area (Å²) < 4.78 is 10.6. The monoisotopic (exact) mass is 295 g/mol. The predicted octanol–water partition coefficient (Wildman–Crippen LogP) is 2.45. The molecule has 0 heterocycles. The summed E-state index contributed by atoms with van der Waals surface area (Å²) in [5, 5.41) is 11.9. The average molecular weight is 295 g/mol. The van der Waals surface area contributed by atoms with E-state index in [2.05, 4.69) is 12.2 Å². The molecule has 21 heavy (non-hydrogen) atoms. The molecule has 0 aromatic heterocycles. The van der Waals surface area contributed by atoms with E-state index in [0.29, 0.717) is 5.75 Å². The molecular formula is C16H25NO4. The zero-order chi connectivity index (χ0) is 15.3. The number of ether oxygens (including phenoxy) is 2. The van der Waals surface area contributed by atoms with Gasteiger partial charge >= 0.3 is 5.97 Å². The van der Waals surface area contributed by atoms with Gasteiger partial charge < -0.3 is 19.9 Å². The molecule has 0 radical (unpaired) electrons. The molecule has 1 aromatic carbocycles. The van der Waals surface area contributed by atoms with Gasteiger partial charge in [0.15, 0.2) is 6.61 Å². The summed E-state index contributed by atoms with van der Waals surface area (Å²) in [6, 6.07) is 7.44. The predicted molar refractivity (Wildman–Crippen MR) is 81.6 cm³/mol. The van der Waals surface area contributed by atoms with E-state index >= 15 is 0 Å². The summed E-state index contributed by atoms with van der Waals surface area (Å²) in [6.07, 6.45) is 3.30. The number of hydrogen-bond donors (Lipinski definition) is 2. The number of rotatable bonds is 12. The number of nitrogens with one attached hydrogen (secondary N) is 1. The smallest absolute Gasteiger partial charge is 0.341 e. The van der Waals surface area contributed by atoms with E-state index in [1.54, 1.807) is 12.1 Å². The number of unbranched alkanes of at least 4 members (excludes halogenated alkanes) is 1. The molecule has 0 aliphatic heterocycles. The summed E-state index contributed by atoms with van der Waals surface area (Å²) in [7, 11) is 0. The molecule has 0 bridgehead atoms. The molecule has 0 aliphatic rings. The fourth-order valence-corrected chi connectivity index (χ4v) is 1.73. The molecule has 5 heteroatoms. The highest BCUT2D eigenvalue weighted by Gasteiger charge is 1.99. The van der Waals surface area contributed by atoms with Crippen molar-refractivity contribution in [1.29, 1.82) is 0 Å². The Bertz CT molecular complexity index is 392. The standard InChI is InChI=1S/C16H25NO4/c1-2-3-10-20-11-4-9-17-12-14-5-7-15(8-6-14)21-13-16(18)19/h5-8,17H,2-4,9-13H2,1H3,(H,18,19). The van der Waals surface area contributed by atoms with Gasteiger partial charge in [-0.2, -0.15) is 0 Å². The summed E-state index contributed by atoms with van der Waals surface area (Å²) in [5.74, 6) is -0.396. The quantitative estimate of drug-likeness (QED) is 0.580. The van der Waals surface area contributed by atoms with Crippen LogP contribution in [0.4, 0.5) is 0 Å². The SMILES string of the molecule is CCCCOCCCNCc1ccc(OCC(=O)O)cc1. The lowest BCUT2D eigenvalue weighted by Crippen LogP contribution is -2.16. The average Bonchev–Trinajstić information content (AvgIpc) is 2.49. The second kappa shape index (κ2) is 11.1. The molecule has 2 N–H and O–H groups in total. The van der Waals surface area contributed by atoms with Gasteiger partial charge in [-0.1, -0.05) is 25.5 Å². The van der Waals surface area contributed by atoms with Gasteiger partial charge in [0.1, 0.15) is 5.75 Å². The van der Waals surface area contributed by atoms with E-state index in [0.717, 1.165) is 44.7 Å². The number of carboxylic acid groups (broad SMARTS) is 1. The van der Waals surface area contributed by atoms with Crippen molar-refractivity contribution in [3.05, 3.63) is 29.8 Å². The number of hydrogen-bond acceptors (Lipinski definition) is 4. The second-order valence-corrected chi connectivity index (χ2v) is 4.82. The first kappa shape index (κ1) is 17.5. The third-order valence-electron chi connectivity index (χ3n) is 2.90. The number of carboxylic acids is 1. The first-order valence-corrected chi connectivity index (χ1v) is 7.44. The van der Waals surface area contributed by atoms with Crippen LogP contribution in [0.25, 0.3) is 0 Å². The van der Waals surface area contributed by atoms with Crippen LogP contribution in [0.15, 0.2) is 24.3 Å². The Hall–Kier alpha value is -1.59. The third-order valence-corrected chi connectivity index (χ3v) is 2.90. The zero-order valence-corrected chi connectivity index (χ0v) is 12.6. The minimum Gasteiger partial charge on any atom is -0.482 e. The lowest BCUT2D eigenvalue weighted by molar-refractivity contribution is -0.139. The highest BCUT2D eigenvalue weighted by atomic mass is 16.5. The van der Waals surface area contributed by atoms with Crippen molar-refractivity contribution < 1.29 is 19.4 Å². The summed E-state index contributed by atoms with van der Waals surface area (Å²) in [4.78, 5) is 10.4. The number of benzene rings is 1. The molecular weight excluding hydrogens is 270 g/mol. The Morgan fingerprint density at radius 2 is 1.90 bits per heavy atom. The molecule has 0 aliphatic carbocycles. The topological polar surface area (TPSA) is 67.8 Å². The van der Waals surface area contributed by atoms with Gasteiger partial charge in [-0.3, -0.25) is 0 Å². The van der Waals surface area contributed by atoms with Crippen LogP contribution in [-0.4, -0.2) is 37.4 Å². The van der Waals surface area contributed by atoms with Crippen molar-refractivity contribution in [2.45, 2.75) is 32.7 Å². The third kappa shape index (κ3) is 9.05. The summed E-state index contributed by atoms with van der Waals surface area (Å²) in [5.41, 5.74) is 1.14. The van der Waals surface area contributed by atoms with E-state index in [4.69, 9.17) is 14.6 Å². The van der Waals surface area contributed by atoms with Crippen molar-refractivity contribution in [3.8, 4) is 5.75 Å². The maximum atomic E-state index is 10.4. The number of carbonyl (C=O) groups is 1. The Kier molecular flexibility index (Phi) is 9.24.